The van der Waals surface area contributed by atoms with Gasteiger partial charge in [-0.2, -0.15) is 13.2 Å². The van der Waals surface area contributed by atoms with Crippen LogP contribution in [-0.2, 0) is 0 Å². The normalized spacial score (nSPS) is 11.6. The highest BCUT2D eigenvalue weighted by molar-refractivity contribution is 6.33. The van der Waals surface area contributed by atoms with Gasteiger partial charge in [-0.25, -0.2) is 0 Å². The Labute approximate surface area is 227 Å². The topological polar surface area (TPSA) is 82.4 Å². The lowest BCUT2D eigenvalue weighted by molar-refractivity contribution is -0.0605. The molecule has 2 N–H and O–H groups in total. The number of nitrogens with one attached hydrogen (secondary N) is 2. The summed E-state index contributed by atoms with van der Waals surface area (Å²) < 4.78 is 39.3. The van der Waals surface area contributed by atoms with Crippen LogP contribution in [0.2, 0.25) is 5.02 Å². The summed E-state index contributed by atoms with van der Waals surface area (Å²) in [4.78, 5) is 29.9. The molecule has 4 rings (SSSR count). The van der Waals surface area contributed by atoms with Crippen molar-refractivity contribution in [2.45, 2.75) is 12.6 Å². The van der Waals surface area contributed by atoms with Crippen molar-refractivity contribution in [2.24, 2.45) is 4.99 Å². The van der Waals surface area contributed by atoms with Crippen molar-refractivity contribution in [1.29, 1.82) is 5.41 Å². The molecule has 0 saturated heterocycles. The van der Waals surface area contributed by atoms with Crippen molar-refractivity contribution in [2.75, 3.05) is 5.32 Å². The van der Waals surface area contributed by atoms with E-state index in [1.54, 1.807) is 72.8 Å². The molecule has 0 heterocycles. The highest BCUT2D eigenvalue weighted by Crippen LogP contribution is 2.27. The second-order valence-electron chi connectivity index (χ2n) is 8.47. The zero-order valence-corrected chi connectivity index (χ0v) is 21.1. The van der Waals surface area contributed by atoms with Crippen LogP contribution in [-0.4, -0.2) is 29.3 Å². The second-order valence-corrected chi connectivity index (χ2v) is 8.88. The van der Waals surface area contributed by atoms with Crippen LogP contribution in [0.4, 0.5) is 24.5 Å². The Balaban J connectivity index is 1.55. The lowest BCUT2D eigenvalue weighted by Crippen LogP contribution is -2.25. The number of benzene rings is 4. The smallest absolute Gasteiger partial charge is 0.322 e. The molecule has 0 aliphatic carbocycles. The molecular formula is C30H21ClF3N3O2. The van der Waals surface area contributed by atoms with Crippen molar-refractivity contribution in [3.05, 3.63) is 130 Å². The summed E-state index contributed by atoms with van der Waals surface area (Å²) in [6.07, 6.45) is -5.58. The molecule has 39 heavy (non-hydrogen) atoms. The zero-order valence-electron chi connectivity index (χ0n) is 20.3. The first-order chi connectivity index (χ1) is 18.6. The van der Waals surface area contributed by atoms with Crippen molar-refractivity contribution in [3.63, 3.8) is 0 Å². The monoisotopic (exact) mass is 547 g/mol. The van der Waals surface area contributed by atoms with E-state index in [0.717, 1.165) is 0 Å². The largest absolute Gasteiger partial charge is 0.429 e. The Bertz CT molecular complexity index is 1550. The predicted octanol–water partition coefficient (Wildman–Crippen LogP) is 7.92. The van der Waals surface area contributed by atoms with Gasteiger partial charge >= 0.3 is 6.18 Å². The van der Waals surface area contributed by atoms with Gasteiger partial charge in [-0.05, 0) is 42.0 Å². The zero-order chi connectivity index (χ0) is 28.0. The van der Waals surface area contributed by atoms with Crippen LogP contribution in [0.25, 0.3) is 0 Å². The summed E-state index contributed by atoms with van der Waals surface area (Å²) in [5, 5.41) is 10.4. The van der Waals surface area contributed by atoms with Crippen molar-refractivity contribution in [3.8, 4) is 0 Å². The van der Waals surface area contributed by atoms with Crippen LogP contribution < -0.4 is 5.32 Å². The van der Waals surface area contributed by atoms with Crippen LogP contribution in [0, 0.1) is 5.41 Å². The molecule has 0 aromatic heterocycles. The van der Waals surface area contributed by atoms with Crippen molar-refractivity contribution in [1.82, 2.24) is 0 Å². The van der Waals surface area contributed by atoms with Gasteiger partial charge in [-0.1, -0.05) is 78.3 Å². The predicted molar refractivity (Wildman–Crippen MR) is 147 cm³/mol. The summed E-state index contributed by atoms with van der Waals surface area (Å²) in [7, 11) is 0. The summed E-state index contributed by atoms with van der Waals surface area (Å²) >= 11 is 6.13. The van der Waals surface area contributed by atoms with Gasteiger partial charge in [-0.15, -0.1) is 0 Å². The fourth-order valence-electron chi connectivity index (χ4n) is 3.67. The molecule has 0 aliphatic rings. The summed E-state index contributed by atoms with van der Waals surface area (Å²) in [6.45, 7) is 0. The molecule has 0 unspecified atom stereocenters. The number of ketones is 1. The van der Waals surface area contributed by atoms with Gasteiger partial charge in [0.25, 0.3) is 5.91 Å². The molecule has 0 radical (unpaired) electrons. The maximum Gasteiger partial charge on any atom is 0.429 e. The van der Waals surface area contributed by atoms with E-state index in [1.807, 2.05) is 6.07 Å². The first-order valence-corrected chi connectivity index (χ1v) is 12.1. The number of para-hydroxylation sites is 1. The Morgan fingerprint density at radius 3 is 2.05 bits per heavy atom. The van der Waals surface area contributed by atoms with E-state index in [1.165, 1.54) is 24.3 Å². The third-order valence-electron chi connectivity index (χ3n) is 5.69. The molecule has 0 atom stereocenters. The quantitative estimate of drug-likeness (QED) is 0.173. The maximum absolute atomic E-state index is 13.1. The van der Waals surface area contributed by atoms with E-state index < -0.39 is 24.2 Å². The van der Waals surface area contributed by atoms with Gasteiger partial charge in [-0.3, -0.25) is 14.6 Å². The minimum atomic E-state index is -4.81. The number of alkyl halides is 3. The van der Waals surface area contributed by atoms with Gasteiger partial charge in [0.2, 0.25) is 0 Å². The Morgan fingerprint density at radius 1 is 0.769 bits per heavy atom. The molecule has 0 saturated carbocycles. The fraction of sp³-hybridized carbons (Fsp3) is 0.0667. The van der Waals surface area contributed by atoms with E-state index in [-0.39, 0.29) is 27.8 Å². The van der Waals surface area contributed by atoms with Crippen LogP contribution in [0.1, 0.15) is 38.3 Å². The first-order valence-electron chi connectivity index (χ1n) is 11.7. The Kier molecular flexibility index (Phi) is 8.36. The number of hydrogen-bond acceptors (Lipinski definition) is 4. The highest BCUT2D eigenvalue weighted by Gasteiger charge is 2.35. The standard InChI is InChI=1S/C30H21ClF3N3O2/c31-24-11-4-5-12-25(24)37-26(18-27(35)30(32,33)34)19-13-15-21(16-14-19)29(39)36-23-10-6-9-22(17-23)28(38)20-7-2-1-3-8-20/h1-17,35H,18H2,(H,36,39). The van der Waals surface area contributed by atoms with Crippen molar-refractivity contribution >= 4 is 46.1 Å². The lowest BCUT2D eigenvalue weighted by atomic mass is 10.0. The SMILES string of the molecule is N=C(CC(=Nc1ccccc1Cl)c1ccc(C(=O)Nc2cccc(C(=O)c3ccccc3)c2)cc1)C(F)(F)F. The van der Waals surface area contributed by atoms with Gasteiger partial charge in [0.15, 0.2) is 5.78 Å². The molecule has 0 aliphatic heterocycles. The van der Waals surface area contributed by atoms with Crippen LogP contribution in [0.15, 0.2) is 108 Å². The Hall–Kier alpha value is -4.56. The van der Waals surface area contributed by atoms with E-state index in [4.69, 9.17) is 17.0 Å². The second kappa shape index (κ2) is 11.9. The van der Waals surface area contributed by atoms with E-state index in [2.05, 4.69) is 10.3 Å². The number of nitrogens with zero attached hydrogens (tertiary/aromatic N) is 1. The lowest BCUT2D eigenvalue weighted by Gasteiger charge is -2.12. The molecule has 4 aromatic carbocycles. The van der Waals surface area contributed by atoms with Gasteiger partial charge in [0, 0.05) is 28.8 Å². The van der Waals surface area contributed by atoms with Gasteiger partial charge in [0.05, 0.1) is 16.4 Å². The Morgan fingerprint density at radius 2 is 1.38 bits per heavy atom. The third kappa shape index (κ3) is 7.06. The molecular weight excluding hydrogens is 527 g/mol. The van der Waals surface area contributed by atoms with Crippen LogP contribution in [0.3, 0.4) is 0 Å². The van der Waals surface area contributed by atoms with E-state index in [9.17, 15) is 22.8 Å². The van der Waals surface area contributed by atoms with Gasteiger partial charge in [0.1, 0.15) is 5.71 Å². The van der Waals surface area contributed by atoms with E-state index >= 15 is 0 Å². The van der Waals surface area contributed by atoms with Crippen LogP contribution in [0.5, 0.6) is 0 Å². The number of hydrogen-bond donors (Lipinski definition) is 2. The minimum Gasteiger partial charge on any atom is -0.322 e. The first kappa shape index (κ1) is 27.5. The number of rotatable bonds is 8. The number of halogens is 4. The summed E-state index contributed by atoms with van der Waals surface area (Å²) in [6, 6.07) is 27.5. The van der Waals surface area contributed by atoms with E-state index in [0.29, 0.717) is 22.4 Å². The van der Waals surface area contributed by atoms with Crippen LogP contribution >= 0.6 is 11.6 Å². The number of carbonyl (C=O) groups is 2. The average Bonchev–Trinajstić information content (AvgIpc) is 2.93. The number of amides is 1. The highest BCUT2D eigenvalue weighted by atomic mass is 35.5. The molecule has 196 valence electrons. The molecule has 0 spiro atoms. The molecule has 4 aromatic rings. The molecule has 0 bridgehead atoms. The maximum atomic E-state index is 13.1. The van der Waals surface area contributed by atoms with Gasteiger partial charge < -0.3 is 10.7 Å². The fourth-order valence-corrected chi connectivity index (χ4v) is 3.85. The molecule has 1 amide bonds. The average molecular weight is 548 g/mol. The molecule has 5 nitrogen and oxygen atoms in total. The molecule has 9 heteroatoms. The number of anilines is 1. The van der Waals surface area contributed by atoms with Crippen molar-refractivity contribution < 1.29 is 22.8 Å². The third-order valence-corrected chi connectivity index (χ3v) is 6.01. The molecule has 0 fully saturated rings. The number of carbonyl (C=O) groups excluding carboxylic acids is 2. The number of aliphatic imine (C=N–C) groups is 1. The summed E-state index contributed by atoms with van der Waals surface area (Å²) in [5.74, 6) is -0.663. The minimum absolute atomic E-state index is 0.0236. The summed E-state index contributed by atoms with van der Waals surface area (Å²) in [5.41, 5.74) is 0.648.